The molecule has 0 bridgehead atoms. The molecule has 4 nitrogen and oxygen atoms in total. The molecule has 0 radical (unpaired) electrons. The van der Waals surface area contributed by atoms with Crippen LogP contribution in [0.15, 0.2) is 101 Å². The lowest BCUT2D eigenvalue weighted by atomic mass is 9.72. The van der Waals surface area contributed by atoms with Gasteiger partial charge in [0.15, 0.2) is 0 Å². The van der Waals surface area contributed by atoms with Crippen LogP contribution in [0.4, 0.5) is 0 Å². The van der Waals surface area contributed by atoms with Gasteiger partial charge >= 0.3 is 0 Å². The second-order valence-electron chi connectivity index (χ2n) is 12.2. The minimum absolute atomic E-state index is 0.156. The van der Waals surface area contributed by atoms with Gasteiger partial charge in [0.25, 0.3) is 0 Å². The Balaban J connectivity index is 2.31. The lowest BCUT2D eigenvalue weighted by Gasteiger charge is -2.40. The first-order chi connectivity index (χ1) is 18.9. The van der Waals surface area contributed by atoms with E-state index in [1.54, 1.807) is 0 Å². The van der Waals surface area contributed by atoms with Gasteiger partial charge in [-0.2, -0.15) is 0 Å². The zero-order valence-corrected chi connectivity index (χ0v) is 26.6. The molecule has 1 saturated heterocycles. The van der Waals surface area contributed by atoms with Gasteiger partial charge in [0, 0.05) is 42.9 Å². The highest BCUT2D eigenvalue weighted by molar-refractivity contribution is 5.82. The molecule has 1 aliphatic carbocycles. The standard InChI is InChI=1S/C36H55N3O/c1-11-14-28(4)29(5)16-17-31(15-12-2)34(27-38(8)9)30(6)37-26-32(13-3)35(7)20-18-33(19-21-35)36(40)22-24-39(10)25-23-36/h11-13,15-20,26,29,31,40H,1,4,14,21-25,27H2,2-3,5-10H3/b15-12-,17-16?,32-13+,34-30-,37-26-/t29?,31?,35-/m1/s1. The van der Waals surface area contributed by atoms with Crippen molar-refractivity contribution in [3.63, 3.8) is 0 Å². The van der Waals surface area contributed by atoms with Gasteiger partial charge in [0.1, 0.15) is 0 Å². The lowest BCUT2D eigenvalue weighted by Crippen LogP contribution is -2.44. The molecule has 220 valence electrons. The molecule has 0 aromatic carbocycles. The largest absolute Gasteiger partial charge is 0.385 e. The third-order valence-corrected chi connectivity index (χ3v) is 8.51. The number of rotatable bonds is 13. The predicted octanol–water partition coefficient (Wildman–Crippen LogP) is 7.71. The molecule has 2 rings (SSSR count). The molecule has 40 heavy (non-hydrogen) atoms. The van der Waals surface area contributed by atoms with E-state index in [9.17, 15) is 5.11 Å². The Kier molecular flexibility index (Phi) is 13.0. The quantitative estimate of drug-likeness (QED) is 0.190. The summed E-state index contributed by atoms with van der Waals surface area (Å²) < 4.78 is 0. The fourth-order valence-electron chi connectivity index (χ4n) is 5.47. The predicted molar refractivity (Wildman–Crippen MR) is 176 cm³/mol. The van der Waals surface area contributed by atoms with Crippen LogP contribution < -0.4 is 0 Å². The summed E-state index contributed by atoms with van der Waals surface area (Å²) in [5.41, 5.74) is 4.88. The van der Waals surface area contributed by atoms with Crippen LogP contribution in [0, 0.1) is 17.3 Å². The van der Waals surface area contributed by atoms with E-state index in [1.165, 1.54) is 16.7 Å². The molecule has 1 aliphatic heterocycles. The number of hydrogen-bond acceptors (Lipinski definition) is 4. The van der Waals surface area contributed by atoms with Gasteiger partial charge in [0.05, 0.1) is 5.60 Å². The van der Waals surface area contributed by atoms with E-state index >= 15 is 0 Å². The summed E-state index contributed by atoms with van der Waals surface area (Å²) in [6.45, 7) is 21.5. The summed E-state index contributed by atoms with van der Waals surface area (Å²) in [4.78, 5) is 9.54. The molecule has 1 N–H and O–H groups in total. The Morgan fingerprint density at radius 2 is 1.88 bits per heavy atom. The van der Waals surface area contributed by atoms with Crippen molar-refractivity contribution in [3.8, 4) is 0 Å². The summed E-state index contributed by atoms with van der Waals surface area (Å²) in [5.74, 6) is 0.442. The Morgan fingerprint density at radius 1 is 1.20 bits per heavy atom. The van der Waals surface area contributed by atoms with Gasteiger partial charge in [-0.15, -0.1) is 6.58 Å². The fourth-order valence-corrected chi connectivity index (χ4v) is 5.47. The van der Waals surface area contributed by atoms with Crippen LogP contribution in [0.5, 0.6) is 0 Å². The van der Waals surface area contributed by atoms with Crippen LogP contribution in [0.3, 0.4) is 0 Å². The summed E-state index contributed by atoms with van der Waals surface area (Å²) >= 11 is 0. The number of piperidine rings is 1. The van der Waals surface area contributed by atoms with Crippen LogP contribution >= 0.6 is 0 Å². The molecule has 2 aliphatic rings. The van der Waals surface area contributed by atoms with E-state index in [1.807, 2.05) is 12.3 Å². The van der Waals surface area contributed by atoms with Crippen molar-refractivity contribution in [2.24, 2.45) is 22.2 Å². The van der Waals surface area contributed by atoms with Gasteiger partial charge in [-0.1, -0.05) is 80.7 Å². The Labute approximate surface area is 245 Å². The normalized spacial score (nSPS) is 24.6. The highest BCUT2D eigenvalue weighted by atomic mass is 16.3. The highest BCUT2D eigenvalue weighted by Gasteiger charge is 2.36. The van der Waals surface area contributed by atoms with Crippen molar-refractivity contribution in [1.82, 2.24) is 9.80 Å². The maximum Gasteiger partial charge on any atom is 0.0917 e. The van der Waals surface area contributed by atoms with E-state index in [2.05, 4.69) is 127 Å². The number of likely N-dealkylation sites (tertiary alicyclic amines) is 1. The Bertz CT molecular complexity index is 1090. The van der Waals surface area contributed by atoms with Gasteiger partial charge in [0.2, 0.25) is 0 Å². The topological polar surface area (TPSA) is 39.1 Å². The smallest absolute Gasteiger partial charge is 0.0917 e. The van der Waals surface area contributed by atoms with Crippen LogP contribution in [-0.4, -0.2) is 67.5 Å². The Hall–Kier alpha value is -2.53. The molecule has 0 aromatic heterocycles. The van der Waals surface area contributed by atoms with Crippen LogP contribution in [0.2, 0.25) is 0 Å². The van der Waals surface area contributed by atoms with Gasteiger partial charge in [-0.3, -0.25) is 4.99 Å². The molecule has 0 amide bonds. The molecule has 0 saturated carbocycles. The molecule has 3 atom stereocenters. The average molecular weight is 546 g/mol. The van der Waals surface area contributed by atoms with Gasteiger partial charge in [-0.25, -0.2) is 0 Å². The van der Waals surface area contributed by atoms with Crippen molar-refractivity contribution >= 4 is 6.21 Å². The van der Waals surface area contributed by atoms with Crippen molar-refractivity contribution < 1.29 is 5.11 Å². The molecule has 4 heteroatoms. The van der Waals surface area contributed by atoms with Crippen molar-refractivity contribution in [1.29, 1.82) is 0 Å². The van der Waals surface area contributed by atoms with E-state index in [0.717, 1.165) is 56.6 Å². The maximum atomic E-state index is 11.3. The fraction of sp³-hybridized carbons (Fsp3) is 0.528. The molecule has 1 heterocycles. The Morgan fingerprint density at radius 3 is 2.40 bits per heavy atom. The molecule has 0 aromatic rings. The van der Waals surface area contributed by atoms with E-state index in [4.69, 9.17) is 4.99 Å². The molecule has 2 unspecified atom stereocenters. The van der Waals surface area contributed by atoms with Crippen LogP contribution in [-0.2, 0) is 0 Å². The number of allylic oxidation sites excluding steroid dienone is 11. The summed E-state index contributed by atoms with van der Waals surface area (Å²) in [6, 6.07) is 0. The molecule has 1 fully saturated rings. The van der Waals surface area contributed by atoms with Crippen molar-refractivity contribution in [3.05, 3.63) is 95.8 Å². The molecule has 0 spiro atoms. The third kappa shape index (κ3) is 9.26. The van der Waals surface area contributed by atoms with Crippen LogP contribution in [0.25, 0.3) is 0 Å². The number of aliphatic hydroxyl groups is 1. The SMILES string of the molecule is C=CCC(=C)C(C)C=CC(/C=C\C)\C(CN(C)C)=C(C)/N=C\C(=C/C)[C@]1(C)C=CC(C2(O)CCN(C)CC2)=CC1. The maximum absolute atomic E-state index is 11.3. The average Bonchev–Trinajstić information content (AvgIpc) is 2.91. The number of aliphatic imine (C=N–C) groups is 1. The van der Waals surface area contributed by atoms with Crippen molar-refractivity contribution in [2.45, 2.75) is 65.9 Å². The van der Waals surface area contributed by atoms with E-state index in [0.29, 0.717) is 0 Å². The van der Waals surface area contributed by atoms with Gasteiger partial charge < -0.3 is 14.9 Å². The van der Waals surface area contributed by atoms with Crippen molar-refractivity contribution in [2.75, 3.05) is 40.8 Å². The summed E-state index contributed by atoms with van der Waals surface area (Å²) in [5, 5.41) is 11.3. The first-order valence-corrected chi connectivity index (χ1v) is 14.8. The first kappa shape index (κ1) is 33.7. The second-order valence-corrected chi connectivity index (χ2v) is 12.2. The molecular weight excluding hydrogens is 490 g/mol. The van der Waals surface area contributed by atoms with Gasteiger partial charge in [-0.05, 0) is 90.2 Å². The van der Waals surface area contributed by atoms with Crippen LogP contribution in [0.1, 0.15) is 60.3 Å². The first-order valence-electron chi connectivity index (χ1n) is 14.8. The minimum Gasteiger partial charge on any atom is -0.385 e. The number of hydrogen-bond donors (Lipinski definition) is 1. The monoisotopic (exact) mass is 545 g/mol. The number of likely N-dealkylation sites (N-methyl/N-ethyl adjacent to an activating group) is 1. The van der Waals surface area contributed by atoms with E-state index in [-0.39, 0.29) is 17.3 Å². The zero-order chi connectivity index (χ0) is 29.9. The third-order valence-electron chi connectivity index (χ3n) is 8.51. The summed E-state index contributed by atoms with van der Waals surface area (Å²) in [7, 11) is 6.34. The minimum atomic E-state index is -0.709. The highest BCUT2D eigenvalue weighted by Crippen LogP contribution is 2.40. The molecular formula is C36H55N3O. The van der Waals surface area contributed by atoms with E-state index < -0.39 is 5.60 Å². The second kappa shape index (κ2) is 15.5. The lowest BCUT2D eigenvalue weighted by molar-refractivity contribution is 0.0185. The zero-order valence-electron chi connectivity index (χ0n) is 26.6. The number of nitrogens with zero attached hydrogens (tertiary/aromatic N) is 3. The summed E-state index contributed by atoms with van der Waals surface area (Å²) in [6.07, 6.45) is 25.0.